The summed E-state index contributed by atoms with van der Waals surface area (Å²) in [5.74, 6) is 1.03. The molecule has 2 aromatic carbocycles. The maximum absolute atomic E-state index is 12.8. The molecule has 172 valence electrons. The number of nitrogens with one attached hydrogen (secondary N) is 2. The molecule has 0 saturated carbocycles. The van der Waals surface area contributed by atoms with E-state index in [0.717, 1.165) is 11.2 Å². The molecule has 1 amide bonds. The molecule has 10 heteroatoms. The predicted octanol–water partition coefficient (Wildman–Crippen LogP) is 4.09. The van der Waals surface area contributed by atoms with E-state index in [1.165, 1.54) is 12.1 Å². The van der Waals surface area contributed by atoms with Crippen molar-refractivity contribution >= 4 is 34.1 Å². The SMILES string of the molecule is O=C(Nc1cc(-c2cccc([N+](=O)[O-])c2)[nH]n1)C1CCN(c2ccc3cccc(O)c3n2)CC1. The molecule has 1 saturated heterocycles. The lowest BCUT2D eigenvalue weighted by molar-refractivity contribution is -0.384. The molecule has 34 heavy (non-hydrogen) atoms. The number of fused-ring (bicyclic) bond motifs is 1. The van der Waals surface area contributed by atoms with E-state index < -0.39 is 4.92 Å². The summed E-state index contributed by atoms with van der Waals surface area (Å²) in [6.45, 7) is 1.34. The van der Waals surface area contributed by atoms with Gasteiger partial charge in [-0.15, -0.1) is 0 Å². The van der Waals surface area contributed by atoms with Crippen LogP contribution in [0.4, 0.5) is 17.3 Å². The Kier molecular flexibility index (Phi) is 5.54. The van der Waals surface area contributed by atoms with Crippen LogP contribution < -0.4 is 10.2 Å². The number of phenols is 1. The number of non-ortho nitro benzene ring substituents is 1. The van der Waals surface area contributed by atoms with E-state index in [1.807, 2.05) is 18.2 Å². The summed E-state index contributed by atoms with van der Waals surface area (Å²) in [5.41, 5.74) is 1.75. The molecule has 5 rings (SSSR count). The van der Waals surface area contributed by atoms with Gasteiger partial charge in [0.15, 0.2) is 5.82 Å². The molecule has 4 aromatic rings. The minimum Gasteiger partial charge on any atom is -0.506 e. The Morgan fingerprint density at radius 1 is 1.12 bits per heavy atom. The van der Waals surface area contributed by atoms with E-state index in [-0.39, 0.29) is 23.3 Å². The molecular weight excluding hydrogens is 436 g/mol. The second kappa shape index (κ2) is 8.81. The first kappa shape index (κ1) is 21.4. The molecule has 0 spiro atoms. The average molecular weight is 458 g/mol. The molecule has 0 aliphatic carbocycles. The van der Waals surface area contributed by atoms with E-state index >= 15 is 0 Å². The average Bonchev–Trinajstić information content (AvgIpc) is 3.33. The summed E-state index contributed by atoms with van der Waals surface area (Å²) in [6.07, 6.45) is 1.32. The molecule has 0 radical (unpaired) electrons. The quantitative estimate of drug-likeness (QED) is 0.302. The van der Waals surface area contributed by atoms with Gasteiger partial charge in [0.25, 0.3) is 5.69 Å². The number of aromatic amines is 1. The van der Waals surface area contributed by atoms with Crippen molar-refractivity contribution in [3.63, 3.8) is 0 Å². The van der Waals surface area contributed by atoms with Crippen LogP contribution in [0.25, 0.3) is 22.2 Å². The number of pyridine rings is 1. The number of aromatic nitrogens is 3. The number of aromatic hydroxyl groups is 1. The number of carbonyl (C=O) groups is 1. The van der Waals surface area contributed by atoms with Crippen LogP contribution in [0.3, 0.4) is 0 Å². The van der Waals surface area contributed by atoms with Gasteiger partial charge in [0.1, 0.15) is 17.1 Å². The van der Waals surface area contributed by atoms with E-state index in [0.29, 0.717) is 48.5 Å². The maximum Gasteiger partial charge on any atom is 0.270 e. The fourth-order valence-corrected chi connectivity index (χ4v) is 4.22. The van der Waals surface area contributed by atoms with Gasteiger partial charge in [-0.05, 0) is 31.0 Å². The highest BCUT2D eigenvalue weighted by Crippen LogP contribution is 2.29. The highest BCUT2D eigenvalue weighted by atomic mass is 16.6. The van der Waals surface area contributed by atoms with Crippen molar-refractivity contribution in [1.82, 2.24) is 15.2 Å². The number of para-hydroxylation sites is 1. The summed E-state index contributed by atoms with van der Waals surface area (Å²) in [4.78, 5) is 30.1. The first-order chi connectivity index (χ1) is 16.5. The molecule has 1 aliphatic rings. The Morgan fingerprint density at radius 3 is 2.71 bits per heavy atom. The summed E-state index contributed by atoms with van der Waals surface area (Å²) >= 11 is 0. The topological polar surface area (TPSA) is 137 Å². The zero-order valence-corrected chi connectivity index (χ0v) is 18.1. The summed E-state index contributed by atoms with van der Waals surface area (Å²) in [6, 6.07) is 17.1. The summed E-state index contributed by atoms with van der Waals surface area (Å²) in [7, 11) is 0. The highest BCUT2D eigenvalue weighted by molar-refractivity contribution is 5.92. The van der Waals surface area contributed by atoms with Crippen LogP contribution in [0, 0.1) is 16.0 Å². The first-order valence-corrected chi connectivity index (χ1v) is 10.9. The zero-order valence-electron chi connectivity index (χ0n) is 18.1. The predicted molar refractivity (Wildman–Crippen MR) is 128 cm³/mol. The number of amides is 1. The Bertz CT molecular complexity index is 1380. The molecule has 0 unspecified atom stereocenters. The van der Waals surface area contributed by atoms with Gasteiger partial charge in [0.05, 0.1) is 10.6 Å². The van der Waals surface area contributed by atoms with E-state index in [2.05, 4.69) is 25.4 Å². The fourth-order valence-electron chi connectivity index (χ4n) is 4.22. The van der Waals surface area contributed by atoms with Gasteiger partial charge in [-0.25, -0.2) is 4.98 Å². The third kappa shape index (κ3) is 4.25. The minimum absolute atomic E-state index is 0.0134. The molecule has 3 N–H and O–H groups in total. The number of carbonyl (C=O) groups excluding carboxylic acids is 1. The van der Waals surface area contributed by atoms with Crippen molar-refractivity contribution < 1.29 is 14.8 Å². The number of piperidine rings is 1. The number of nitrogens with zero attached hydrogens (tertiary/aromatic N) is 4. The summed E-state index contributed by atoms with van der Waals surface area (Å²) < 4.78 is 0. The third-order valence-electron chi connectivity index (χ3n) is 6.07. The van der Waals surface area contributed by atoms with Crippen LogP contribution in [-0.4, -0.2) is 44.2 Å². The van der Waals surface area contributed by atoms with Crippen LogP contribution in [0.2, 0.25) is 0 Å². The Morgan fingerprint density at radius 2 is 1.91 bits per heavy atom. The Labute approximate surface area is 194 Å². The molecule has 1 aliphatic heterocycles. The van der Waals surface area contributed by atoms with Crippen molar-refractivity contribution in [2.24, 2.45) is 5.92 Å². The van der Waals surface area contributed by atoms with Gasteiger partial charge in [-0.1, -0.05) is 24.3 Å². The number of phenolic OH excluding ortho intramolecular Hbond substituents is 1. The molecule has 10 nitrogen and oxygen atoms in total. The Hall–Kier alpha value is -4.47. The van der Waals surface area contributed by atoms with Crippen LogP contribution >= 0.6 is 0 Å². The number of nitro benzene ring substituents is 1. The molecule has 3 heterocycles. The van der Waals surface area contributed by atoms with E-state index in [1.54, 1.807) is 30.3 Å². The van der Waals surface area contributed by atoms with Gasteiger partial charge in [-0.2, -0.15) is 5.10 Å². The van der Waals surface area contributed by atoms with Crippen molar-refractivity contribution in [1.29, 1.82) is 0 Å². The van der Waals surface area contributed by atoms with Crippen molar-refractivity contribution in [3.05, 3.63) is 70.8 Å². The van der Waals surface area contributed by atoms with Crippen LogP contribution in [-0.2, 0) is 4.79 Å². The maximum atomic E-state index is 12.8. The fraction of sp³-hybridized carbons (Fsp3) is 0.208. The lowest BCUT2D eigenvalue weighted by Gasteiger charge is -2.32. The van der Waals surface area contributed by atoms with Crippen molar-refractivity contribution in [2.75, 3.05) is 23.3 Å². The number of hydrogen-bond acceptors (Lipinski definition) is 7. The minimum atomic E-state index is -0.453. The number of rotatable bonds is 5. The van der Waals surface area contributed by atoms with Gasteiger partial charge >= 0.3 is 0 Å². The lowest BCUT2D eigenvalue weighted by atomic mass is 9.96. The van der Waals surface area contributed by atoms with Gasteiger partial charge < -0.3 is 15.3 Å². The van der Waals surface area contributed by atoms with Crippen molar-refractivity contribution in [3.8, 4) is 17.0 Å². The Balaban J connectivity index is 1.21. The van der Waals surface area contributed by atoms with Gasteiger partial charge in [0, 0.05) is 48.2 Å². The summed E-state index contributed by atoms with van der Waals surface area (Å²) in [5, 5.41) is 31.8. The normalized spacial score (nSPS) is 14.3. The van der Waals surface area contributed by atoms with E-state index in [9.17, 15) is 20.0 Å². The van der Waals surface area contributed by atoms with Gasteiger partial charge in [0.2, 0.25) is 5.91 Å². The molecule has 0 bridgehead atoms. The second-order valence-corrected chi connectivity index (χ2v) is 8.24. The monoisotopic (exact) mass is 458 g/mol. The molecule has 1 fully saturated rings. The number of H-pyrrole nitrogens is 1. The van der Waals surface area contributed by atoms with Crippen LogP contribution in [0.5, 0.6) is 5.75 Å². The first-order valence-electron chi connectivity index (χ1n) is 10.9. The van der Waals surface area contributed by atoms with Crippen molar-refractivity contribution in [2.45, 2.75) is 12.8 Å². The number of anilines is 2. The second-order valence-electron chi connectivity index (χ2n) is 8.24. The lowest BCUT2D eigenvalue weighted by Crippen LogP contribution is -2.38. The largest absolute Gasteiger partial charge is 0.506 e. The number of hydrogen-bond donors (Lipinski definition) is 3. The van der Waals surface area contributed by atoms with Crippen LogP contribution in [0.1, 0.15) is 12.8 Å². The standard InChI is InChI=1S/C24H22N6O4/c31-20-6-2-3-15-7-8-22(26-23(15)20)29-11-9-16(10-12-29)24(32)25-21-14-19(27-28-21)17-4-1-5-18(13-17)30(33)34/h1-8,13-14,16,31H,9-12H2,(H2,25,27,28,32). The molecule has 0 atom stereocenters. The molecular formula is C24H22N6O4. The number of benzene rings is 2. The van der Waals surface area contributed by atoms with E-state index in [4.69, 9.17) is 0 Å². The zero-order chi connectivity index (χ0) is 23.7. The third-order valence-corrected chi connectivity index (χ3v) is 6.07. The smallest absolute Gasteiger partial charge is 0.270 e. The highest BCUT2D eigenvalue weighted by Gasteiger charge is 2.26. The molecule has 2 aromatic heterocycles. The van der Waals surface area contributed by atoms with Gasteiger partial charge in [-0.3, -0.25) is 20.0 Å². The van der Waals surface area contributed by atoms with Crippen LogP contribution in [0.15, 0.2) is 60.7 Å². The number of nitro groups is 1.